The largest absolute Gasteiger partial charge is 0.324 e. The summed E-state index contributed by atoms with van der Waals surface area (Å²) in [6, 6.07) is 5.77. The molecule has 6 heteroatoms. The van der Waals surface area contributed by atoms with Crippen LogP contribution in [0.5, 0.6) is 0 Å². The zero-order valence-electron chi connectivity index (χ0n) is 8.09. The molecule has 0 aliphatic heterocycles. The van der Waals surface area contributed by atoms with Crippen molar-refractivity contribution in [2.75, 3.05) is 12.3 Å². The number of nitrogens with two attached hydrogens (primary N) is 1. The van der Waals surface area contributed by atoms with Gasteiger partial charge in [0.2, 0.25) is 0 Å². The molecule has 1 heterocycles. The highest BCUT2D eigenvalue weighted by Crippen LogP contribution is 2.29. The van der Waals surface area contributed by atoms with Crippen LogP contribution in [0.25, 0.3) is 0 Å². The molecular weight excluding hydrogens is 252 g/mol. The summed E-state index contributed by atoms with van der Waals surface area (Å²) in [6.07, 6.45) is 2.30. The molecule has 1 aromatic rings. The summed E-state index contributed by atoms with van der Waals surface area (Å²) in [5.74, 6) is 0.899. The molecule has 1 rings (SSSR count). The Hall–Kier alpha value is -0.230. The van der Waals surface area contributed by atoms with E-state index in [0.717, 1.165) is 10.8 Å². The Morgan fingerprint density at radius 3 is 2.87 bits per heavy atom. The van der Waals surface area contributed by atoms with E-state index in [2.05, 4.69) is 4.98 Å². The van der Waals surface area contributed by atoms with E-state index >= 15 is 0 Å². The van der Waals surface area contributed by atoms with Gasteiger partial charge in [0.25, 0.3) is 0 Å². The number of ketones is 1. The Labute approximate surface area is 103 Å². The van der Waals surface area contributed by atoms with Crippen LogP contribution in [0.4, 0.5) is 0 Å². The maximum Gasteiger partial charge on any atom is 0.147 e. The van der Waals surface area contributed by atoms with Crippen LogP contribution in [0.1, 0.15) is 6.42 Å². The third-order valence-corrected chi connectivity index (χ3v) is 3.74. The lowest BCUT2D eigenvalue weighted by Gasteiger charge is -1.98. The van der Waals surface area contributed by atoms with Crippen molar-refractivity contribution < 1.29 is 4.79 Å². The lowest BCUT2D eigenvalue weighted by Crippen LogP contribution is -2.13. The van der Waals surface area contributed by atoms with Crippen molar-refractivity contribution in [3.05, 3.63) is 24.4 Å². The van der Waals surface area contributed by atoms with Gasteiger partial charge in [0.15, 0.2) is 0 Å². The van der Waals surface area contributed by atoms with Gasteiger partial charge in [-0.05, 0) is 22.9 Å². The number of Topliss-reactive ketones (excluding diaryl/α,β-unsaturated/α-hetero) is 1. The fourth-order valence-electron chi connectivity index (χ4n) is 0.756. The number of halogens is 1. The Morgan fingerprint density at radius 1 is 1.47 bits per heavy atom. The van der Waals surface area contributed by atoms with Gasteiger partial charge in [-0.3, -0.25) is 4.79 Å². The quantitative estimate of drug-likeness (QED) is 0.630. The van der Waals surface area contributed by atoms with E-state index in [1.807, 2.05) is 18.2 Å². The molecule has 0 aliphatic rings. The summed E-state index contributed by atoms with van der Waals surface area (Å²) in [4.78, 5) is 15.0. The molecule has 0 spiro atoms. The first-order chi connectivity index (χ1) is 6.83. The number of rotatable bonds is 6. The van der Waals surface area contributed by atoms with E-state index in [0.29, 0.717) is 6.42 Å². The average Bonchev–Trinajstić information content (AvgIpc) is 2.25. The Bertz CT molecular complexity index is 285. The van der Waals surface area contributed by atoms with E-state index in [4.69, 9.17) is 5.73 Å². The first-order valence-electron chi connectivity index (χ1n) is 4.25. The van der Waals surface area contributed by atoms with Crippen LogP contribution in [0.3, 0.4) is 0 Å². The van der Waals surface area contributed by atoms with Gasteiger partial charge in [0.05, 0.1) is 6.54 Å². The zero-order valence-corrected chi connectivity index (χ0v) is 10.5. The summed E-state index contributed by atoms with van der Waals surface area (Å²) in [5.41, 5.74) is 5.19. The van der Waals surface area contributed by atoms with Crippen LogP contribution in [0.15, 0.2) is 29.4 Å². The lowest BCUT2D eigenvalue weighted by atomic mass is 10.3. The molecule has 0 saturated heterocycles. The van der Waals surface area contributed by atoms with E-state index in [-0.39, 0.29) is 24.7 Å². The number of nitrogens with zero attached hydrogens (tertiary/aromatic N) is 1. The number of carbonyl (C=O) groups is 1. The lowest BCUT2D eigenvalue weighted by molar-refractivity contribution is -0.117. The maximum atomic E-state index is 10.9. The minimum Gasteiger partial charge on any atom is -0.324 e. The molecule has 0 bridgehead atoms. The smallest absolute Gasteiger partial charge is 0.147 e. The van der Waals surface area contributed by atoms with Crippen molar-refractivity contribution in [2.45, 2.75) is 11.4 Å². The third-order valence-electron chi connectivity index (χ3n) is 1.47. The second kappa shape index (κ2) is 9.03. The van der Waals surface area contributed by atoms with Gasteiger partial charge in [0.1, 0.15) is 10.8 Å². The molecule has 84 valence electrons. The van der Waals surface area contributed by atoms with Crippen LogP contribution in [-0.4, -0.2) is 23.1 Å². The van der Waals surface area contributed by atoms with Crippen molar-refractivity contribution >= 4 is 39.8 Å². The molecule has 2 N–H and O–H groups in total. The van der Waals surface area contributed by atoms with E-state index in [1.165, 1.54) is 0 Å². The molecule has 1 aromatic heterocycles. The van der Waals surface area contributed by atoms with Gasteiger partial charge < -0.3 is 5.73 Å². The minimum absolute atomic E-state index is 0. The Morgan fingerprint density at radius 2 is 2.27 bits per heavy atom. The number of pyridine rings is 1. The van der Waals surface area contributed by atoms with Gasteiger partial charge in [-0.25, -0.2) is 4.98 Å². The highest BCUT2D eigenvalue weighted by Gasteiger charge is 1.99. The number of carbonyl (C=O) groups excluding carboxylic acids is 1. The van der Waals surface area contributed by atoms with E-state index < -0.39 is 0 Å². The predicted molar refractivity (Wildman–Crippen MR) is 68.5 cm³/mol. The van der Waals surface area contributed by atoms with Crippen molar-refractivity contribution in [1.82, 2.24) is 4.98 Å². The minimum atomic E-state index is 0. The van der Waals surface area contributed by atoms with Crippen LogP contribution in [0.2, 0.25) is 0 Å². The summed E-state index contributed by atoms with van der Waals surface area (Å²) in [7, 11) is 3.21. The van der Waals surface area contributed by atoms with Crippen molar-refractivity contribution in [2.24, 2.45) is 5.73 Å². The number of hydrogen-bond acceptors (Lipinski definition) is 5. The highest BCUT2D eigenvalue weighted by atomic mass is 35.5. The van der Waals surface area contributed by atoms with E-state index in [9.17, 15) is 4.79 Å². The predicted octanol–water partition coefficient (Wildman–Crippen LogP) is 2.16. The van der Waals surface area contributed by atoms with E-state index in [1.54, 1.807) is 27.8 Å². The topological polar surface area (TPSA) is 56.0 Å². The molecule has 0 fully saturated rings. The van der Waals surface area contributed by atoms with Gasteiger partial charge in [-0.2, -0.15) is 0 Å². The van der Waals surface area contributed by atoms with Gasteiger partial charge in [0, 0.05) is 18.4 Å². The molecule has 0 unspecified atom stereocenters. The molecule has 3 nitrogen and oxygen atoms in total. The SMILES string of the molecule is Cl.NCC(=O)CCSSc1ccccn1. The maximum absolute atomic E-state index is 10.9. The first kappa shape index (κ1) is 14.8. The number of hydrogen-bond donors (Lipinski definition) is 1. The fourth-order valence-corrected chi connectivity index (χ4v) is 2.67. The first-order valence-corrected chi connectivity index (χ1v) is 6.57. The molecule has 0 saturated carbocycles. The highest BCUT2D eigenvalue weighted by molar-refractivity contribution is 8.76. The van der Waals surface area contributed by atoms with Crippen LogP contribution in [0, 0.1) is 0 Å². The van der Waals surface area contributed by atoms with Crippen LogP contribution >= 0.6 is 34.0 Å². The normalized spacial score (nSPS) is 9.40. The second-order valence-electron chi connectivity index (χ2n) is 2.57. The Kier molecular flexibility index (Phi) is 8.89. The molecule has 0 amide bonds. The molecule has 0 radical (unpaired) electrons. The molecule has 15 heavy (non-hydrogen) atoms. The van der Waals surface area contributed by atoms with Gasteiger partial charge >= 0.3 is 0 Å². The van der Waals surface area contributed by atoms with Crippen LogP contribution < -0.4 is 5.73 Å². The molecule has 0 aromatic carbocycles. The molecule has 0 atom stereocenters. The van der Waals surface area contributed by atoms with Gasteiger partial charge in [-0.15, -0.1) is 12.4 Å². The monoisotopic (exact) mass is 264 g/mol. The van der Waals surface area contributed by atoms with Crippen LogP contribution in [-0.2, 0) is 4.79 Å². The number of aromatic nitrogens is 1. The summed E-state index contributed by atoms with van der Waals surface area (Å²) in [6.45, 7) is 0.148. The summed E-state index contributed by atoms with van der Waals surface area (Å²) in [5, 5.41) is 0.970. The Balaban J connectivity index is 0.00000196. The van der Waals surface area contributed by atoms with Gasteiger partial charge in [-0.1, -0.05) is 16.9 Å². The van der Waals surface area contributed by atoms with Crippen molar-refractivity contribution in [1.29, 1.82) is 0 Å². The standard InChI is InChI=1S/C9H12N2OS2.ClH/c10-7-8(12)4-6-13-14-9-3-1-2-5-11-9;/h1-3,5H,4,6-7,10H2;1H. The second-order valence-corrected chi connectivity index (χ2v) is 5.00. The fraction of sp³-hybridized carbons (Fsp3) is 0.333. The molecule has 0 aliphatic carbocycles. The third kappa shape index (κ3) is 6.78. The average molecular weight is 265 g/mol. The summed E-state index contributed by atoms with van der Waals surface area (Å²) >= 11 is 0. The zero-order chi connectivity index (χ0) is 10.2. The summed E-state index contributed by atoms with van der Waals surface area (Å²) < 4.78 is 0. The van der Waals surface area contributed by atoms with Crippen molar-refractivity contribution in [3.63, 3.8) is 0 Å². The molecular formula is C9H13ClN2OS2. The van der Waals surface area contributed by atoms with Crippen molar-refractivity contribution in [3.8, 4) is 0 Å².